The molecule has 0 aliphatic carbocycles. The highest BCUT2D eigenvalue weighted by Crippen LogP contribution is 2.22. The van der Waals surface area contributed by atoms with Crippen LogP contribution in [-0.4, -0.2) is 28.2 Å². The van der Waals surface area contributed by atoms with Crippen molar-refractivity contribution in [1.29, 1.82) is 0 Å². The molecule has 0 radical (unpaired) electrons. The summed E-state index contributed by atoms with van der Waals surface area (Å²) in [6.07, 6.45) is -0.282. The first-order valence-electron chi connectivity index (χ1n) is 5.14. The average Bonchev–Trinajstić information content (AvgIpc) is 2.15. The van der Waals surface area contributed by atoms with E-state index in [1.165, 1.54) is 13.8 Å². The minimum atomic E-state index is -2.19. The van der Waals surface area contributed by atoms with Gasteiger partial charge in [0.15, 0.2) is 0 Å². The molecular formula is C10H16BrNO4. The summed E-state index contributed by atoms with van der Waals surface area (Å²) in [7, 11) is 0. The van der Waals surface area contributed by atoms with Crippen molar-refractivity contribution in [3.8, 4) is 0 Å². The summed E-state index contributed by atoms with van der Waals surface area (Å²) >= 11 is 2.96. The van der Waals surface area contributed by atoms with Crippen LogP contribution in [0.15, 0.2) is 11.1 Å². The molecule has 0 aromatic carbocycles. The minimum Gasteiger partial charge on any atom is -0.479 e. The van der Waals surface area contributed by atoms with Gasteiger partial charge in [-0.1, -0.05) is 22.5 Å². The van der Waals surface area contributed by atoms with Gasteiger partial charge in [-0.25, -0.2) is 9.59 Å². The smallest absolute Gasteiger partial charge is 0.338 e. The Balaban J connectivity index is 5.03. The van der Waals surface area contributed by atoms with E-state index in [0.29, 0.717) is 0 Å². The number of hydrogen-bond acceptors (Lipinski definition) is 4. The van der Waals surface area contributed by atoms with E-state index < -0.39 is 23.1 Å². The van der Waals surface area contributed by atoms with Gasteiger partial charge in [-0.3, -0.25) is 0 Å². The molecule has 0 aliphatic heterocycles. The predicted octanol–water partition coefficient (Wildman–Crippen LogP) is 1.41. The Bertz CT molecular complexity index is 345. The SMILES string of the molecule is [2H]CC(C)(C)OC(=O)C(N)(CC(=C)Br)C(=O)O. The van der Waals surface area contributed by atoms with E-state index in [0.717, 1.165) is 0 Å². The fraction of sp³-hybridized carbons (Fsp3) is 0.600. The lowest BCUT2D eigenvalue weighted by Crippen LogP contribution is -2.57. The lowest BCUT2D eigenvalue weighted by molar-refractivity contribution is -0.168. The van der Waals surface area contributed by atoms with E-state index in [2.05, 4.69) is 22.5 Å². The number of hydrogen-bond donors (Lipinski definition) is 2. The molecule has 6 heteroatoms. The van der Waals surface area contributed by atoms with Gasteiger partial charge in [0, 0.05) is 7.79 Å². The Morgan fingerprint density at radius 3 is 2.44 bits per heavy atom. The molecule has 0 amide bonds. The number of rotatable bonds is 4. The largest absolute Gasteiger partial charge is 0.479 e. The third kappa shape index (κ3) is 4.32. The number of carboxylic acids is 1. The molecule has 1 unspecified atom stereocenters. The second-order valence-electron chi connectivity index (χ2n) is 4.12. The van der Waals surface area contributed by atoms with Gasteiger partial charge < -0.3 is 15.6 Å². The van der Waals surface area contributed by atoms with Crippen molar-refractivity contribution in [2.24, 2.45) is 5.73 Å². The number of carbonyl (C=O) groups excluding carboxylic acids is 1. The van der Waals surface area contributed by atoms with E-state index >= 15 is 0 Å². The van der Waals surface area contributed by atoms with Crippen LogP contribution in [0.4, 0.5) is 0 Å². The normalized spacial score (nSPS) is 15.9. The maximum atomic E-state index is 11.7. The molecule has 0 bridgehead atoms. The Hall–Kier alpha value is -0.880. The summed E-state index contributed by atoms with van der Waals surface area (Å²) < 4.78 is 12.4. The van der Waals surface area contributed by atoms with E-state index in [4.69, 9.17) is 16.9 Å². The fourth-order valence-corrected chi connectivity index (χ4v) is 1.32. The molecule has 3 N–H and O–H groups in total. The van der Waals surface area contributed by atoms with Gasteiger partial charge in [-0.2, -0.15) is 0 Å². The monoisotopic (exact) mass is 294 g/mol. The maximum Gasteiger partial charge on any atom is 0.338 e. The maximum absolute atomic E-state index is 11.7. The first kappa shape index (κ1) is 13.2. The Morgan fingerprint density at radius 2 is 2.12 bits per heavy atom. The first-order chi connectivity index (χ1) is 7.55. The van der Waals surface area contributed by atoms with Gasteiger partial charge >= 0.3 is 11.9 Å². The lowest BCUT2D eigenvalue weighted by atomic mass is 9.96. The summed E-state index contributed by atoms with van der Waals surface area (Å²) in [6, 6.07) is 0. The second-order valence-corrected chi connectivity index (χ2v) is 5.24. The zero-order valence-corrected chi connectivity index (χ0v) is 10.8. The third-order valence-electron chi connectivity index (χ3n) is 1.59. The summed E-state index contributed by atoms with van der Waals surface area (Å²) in [5.41, 5.74) is 2.25. The number of carbonyl (C=O) groups is 2. The molecule has 1 atom stereocenters. The molecule has 0 saturated heterocycles. The van der Waals surface area contributed by atoms with Crippen LogP contribution < -0.4 is 5.73 Å². The first-order valence-corrected chi connectivity index (χ1v) is 5.22. The van der Waals surface area contributed by atoms with Crippen LogP contribution >= 0.6 is 15.9 Å². The predicted molar refractivity (Wildman–Crippen MR) is 63.1 cm³/mol. The molecule has 0 saturated carbocycles. The molecule has 16 heavy (non-hydrogen) atoms. The lowest BCUT2D eigenvalue weighted by Gasteiger charge is -2.27. The molecule has 5 nitrogen and oxygen atoms in total. The van der Waals surface area contributed by atoms with Crippen molar-refractivity contribution in [2.45, 2.75) is 38.3 Å². The molecule has 92 valence electrons. The van der Waals surface area contributed by atoms with Gasteiger partial charge in [0.1, 0.15) is 5.60 Å². The quantitative estimate of drug-likeness (QED) is 0.604. The zero-order valence-electron chi connectivity index (χ0n) is 10.2. The molecule has 0 heterocycles. The van der Waals surface area contributed by atoms with Crippen molar-refractivity contribution in [3.63, 3.8) is 0 Å². The third-order valence-corrected chi connectivity index (χ3v) is 1.87. The van der Waals surface area contributed by atoms with Gasteiger partial charge in [-0.15, -0.1) is 0 Å². The molecule has 0 spiro atoms. The van der Waals surface area contributed by atoms with Crippen LogP contribution in [-0.2, 0) is 14.3 Å². The molecule has 0 rings (SSSR count). The van der Waals surface area contributed by atoms with Crippen molar-refractivity contribution in [3.05, 3.63) is 11.1 Å². The van der Waals surface area contributed by atoms with E-state index in [1.807, 2.05) is 0 Å². The van der Waals surface area contributed by atoms with Crippen LogP contribution in [0.3, 0.4) is 0 Å². The zero-order chi connectivity index (χ0) is 13.9. The number of esters is 1. The summed E-state index contributed by atoms with van der Waals surface area (Å²) in [5, 5.41) is 8.99. The van der Waals surface area contributed by atoms with Gasteiger partial charge in [0.2, 0.25) is 5.54 Å². The van der Waals surface area contributed by atoms with Crippen LogP contribution in [0.2, 0.25) is 0 Å². The fourth-order valence-electron chi connectivity index (χ4n) is 0.880. The molecule has 0 aliphatic rings. The number of aliphatic carboxylic acids is 1. The molecule has 0 aromatic rings. The highest BCUT2D eigenvalue weighted by molar-refractivity contribution is 9.11. The average molecular weight is 295 g/mol. The van der Waals surface area contributed by atoms with Gasteiger partial charge in [0.05, 0.1) is 0 Å². The number of halogens is 1. The molecular weight excluding hydrogens is 278 g/mol. The van der Waals surface area contributed by atoms with E-state index in [-0.39, 0.29) is 17.8 Å². The van der Waals surface area contributed by atoms with Crippen molar-refractivity contribution in [2.75, 3.05) is 0 Å². The van der Waals surface area contributed by atoms with Crippen LogP contribution in [0.1, 0.15) is 28.5 Å². The Labute approximate surface area is 104 Å². The Kier molecular flexibility index (Phi) is 4.09. The number of nitrogens with two attached hydrogens (primary N) is 1. The van der Waals surface area contributed by atoms with Crippen LogP contribution in [0, 0.1) is 0 Å². The van der Waals surface area contributed by atoms with E-state index in [9.17, 15) is 9.59 Å². The van der Waals surface area contributed by atoms with Crippen LogP contribution in [0.25, 0.3) is 0 Å². The van der Waals surface area contributed by atoms with Crippen molar-refractivity contribution < 1.29 is 20.8 Å². The highest BCUT2D eigenvalue weighted by atomic mass is 79.9. The van der Waals surface area contributed by atoms with E-state index in [1.54, 1.807) is 0 Å². The Morgan fingerprint density at radius 1 is 1.62 bits per heavy atom. The molecule has 0 aromatic heterocycles. The standard InChI is InChI=1S/C10H16BrNO4/c1-6(11)5-10(12,7(13)14)8(15)16-9(2,3)4/h1,5,12H2,2-4H3,(H,13,14)/i2D. The number of ether oxygens (including phenoxy) is 1. The molecule has 0 fully saturated rings. The van der Waals surface area contributed by atoms with Crippen LogP contribution in [0.5, 0.6) is 0 Å². The van der Waals surface area contributed by atoms with Gasteiger partial charge in [-0.05, 0) is 25.2 Å². The summed E-state index contributed by atoms with van der Waals surface area (Å²) in [5.74, 6) is -2.58. The van der Waals surface area contributed by atoms with Crippen molar-refractivity contribution >= 4 is 27.9 Å². The summed E-state index contributed by atoms with van der Waals surface area (Å²) in [4.78, 5) is 22.8. The topological polar surface area (TPSA) is 89.6 Å². The second kappa shape index (κ2) is 4.97. The highest BCUT2D eigenvalue weighted by Gasteiger charge is 2.45. The minimum absolute atomic E-state index is 0.191. The van der Waals surface area contributed by atoms with Crippen molar-refractivity contribution in [1.82, 2.24) is 0 Å². The van der Waals surface area contributed by atoms with Gasteiger partial charge in [0.25, 0.3) is 0 Å². The number of carboxylic acid groups (broad SMARTS) is 1. The summed E-state index contributed by atoms with van der Waals surface area (Å²) in [6.45, 7) is 6.27.